The van der Waals surface area contributed by atoms with Crippen LogP contribution in [0.2, 0.25) is 0 Å². The summed E-state index contributed by atoms with van der Waals surface area (Å²) in [5.74, 6) is -0.538. The molecule has 37 heavy (non-hydrogen) atoms. The zero-order valence-corrected chi connectivity index (χ0v) is 22.9. The number of sulfonamides is 1. The average molecular weight is 532 g/mol. The molecule has 2 aromatic carbocycles. The first-order valence-electron chi connectivity index (χ1n) is 12.3. The molecule has 0 saturated carbocycles. The lowest BCUT2D eigenvalue weighted by molar-refractivity contribution is 0.122. The fraction of sp³-hybridized carbons (Fsp3) is 0.429. The van der Waals surface area contributed by atoms with E-state index in [0.717, 1.165) is 30.6 Å². The minimum Gasteiger partial charge on any atom is -0.378 e. The second kappa shape index (κ2) is 12.3. The Bertz CT molecular complexity index is 1230. The van der Waals surface area contributed by atoms with E-state index in [-0.39, 0.29) is 24.1 Å². The summed E-state index contributed by atoms with van der Waals surface area (Å²) in [6, 6.07) is 9.45. The normalized spacial score (nSPS) is 15.8. The van der Waals surface area contributed by atoms with E-state index in [1.54, 1.807) is 12.1 Å². The number of rotatable bonds is 10. The third-order valence-electron chi connectivity index (χ3n) is 6.24. The lowest BCUT2D eigenvalue weighted by Crippen LogP contribution is -2.36. The van der Waals surface area contributed by atoms with E-state index in [1.807, 2.05) is 6.08 Å². The Morgan fingerprint density at radius 3 is 2.49 bits per heavy atom. The van der Waals surface area contributed by atoms with Crippen molar-refractivity contribution >= 4 is 27.9 Å². The molecule has 3 rings (SSSR count). The first kappa shape index (κ1) is 29.0. The molecule has 1 aliphatic heterocycles. The summed E-state index contributed by atoms with van der Waals surface area (Å²) >= 11 is 0. The van der Waals surface area contributed by atoms with E-state index >= 15 is 0 Å². The Labute approximate surface area is 220 Å². The molecule has 1 heterocycles. The molecule has 0 radical (unpaired) electrons. The van der Waals surface area contributed by atoms with Crippen LogP contribution in [0, 0.1) is 5.82 Å². The van der Waals surface area contributed by atoms with Gasteiger partial charge in [-0.2, -0.15) is 0 Å². The lowest BCUT2D eigenvalue weighted by atomic mass is 9.86. The summed E-state index contributed by atoms with van der Waals surface area (Å²) in [4.78, 5) is 2.30. The van der Waals surface area contributed by atoms with Gasteiger partial charge in [0.15, 0.2) is 0 Å². The van der Waals surface area contributed by atoms with E-state index in [4.69, 9.17) is 4.74 Å². The van der Waals surface area contributed by atoms with E-state index in [1.165, 1.54) is 17.7 Å². The Hall–Kier alpha value is -2.56. The van der Waals surface area contributed by atoms with Gasteiger partial charge < -0.3 is 14.7 Å². The van der Waals surface area contributed by atoms with Crippen LogP contribution in [0.5, 0.6) is 0 Å². The van der Waals surface area contributed by atoms with Gasteiger partial charge in [0.1, 0.15) is 12.0 Å². The molecule has 0 amide bonds. The minimum atomic E-state index is -3.46. The highest BCUT2D eigenvalue weighted by Crippen LogP contribution is 2.31. The predicted octanol–water partition coefficient (Wildman–Crippen LogP) is 3.77. The van der Waals surface area contributed by atoms with Gasteiger partial charge in [0, 0.05) is 37.4 Å². The minimum absolute atomic E-state index is 0.0142. The predicted molar refractivity (Wildman–Crippen MR) is 148 cm³/mol. The van der Waals surface area contributed by atoms with Crippen LogP contribution in [0.15, 0.2) is 43.0 Å². The number of anilines is 1. The van der Waals surface area contributed by atoms with Crippen molar-refractivity contribution in [2.75, 3.05) is 37.5 Å². The number of hydrogen-bond acceptors (Lipinski definition) is 6. The van der Waals surface area contributed by atoms with Crippen LogP contribution in [0.25, 0.3) is 12.2 Å². The maximum absolute atomic E-state index is 14.7. The largest absolute Gasteiger partial charge is 0.378 e. The van der Waals surface area contributed by atoms with Crippen LogP contribution in [0.1, 0.15) is 48.6 Å². The van der Waals surface area contributed by atoms with Crippen molar-refractivity contribution in [3.63, 3.8) is 0 Å². The Morgan fingerprint density at radius 1 is 1.16 bits per heavy atom. The summed E-state index contributed by atoms with van der Waals surface area (Å²) in [5, 5.41) is 13.5. The third kappa shape index (κ3) is 8.48. The van der Waals surface area contributed by atoms with Crippen molar-refractivity contribution in [1.29, 1.82) is 0 Å². The van der Waals surface area contributed by atoms with Gasteiger partial charge in [0.25, 0.3) is 0 Å². The molecular weight excluding hydrogens is 493 g/mol. The fourth-order valence-corrected chi connectivity index (χ4v) is 4.51. The van der Waals surface area contributed by atoms with E-state index < -0.39 is 22.1 Å². The second-order valence-electron chi connectivity index (χ2n) is 10.3. The van der Waals surface area contributed by atoms with Crippen LogP contribution in [0.4, 0.5) is 10.1 Å². The molecule has 7 nitrogen and oxygen atoms in total. The van der Waals surface area contributed by atoms with Crippen LogP contribution in [-0.2, 0) is 33.3 Å². The van der Waals surface area contributed by atoms with Crippen LogP contribution < -0.4 is 14.9 Å². The number of benzene rings is 2. The van der Waals surface area contributed by atoms with Gasteiger partial charge in [-0.05, 0) is 51.9 Å². The van der Waals surface area contributed by atoms with Crippen molar-refractivity contribution < 1.29 is 22.7 Å². The number of aliphatic hydroxyl groups is 1. The van der Waals surface area contributed by atoms with E-state index in [2.05, 4.69) is 60.5 Å². The van der Waals surface area contributed by atoms with Gasteiger partial charge in [-0.1, -0.05) is 51.6 Å². The van der Waals surface area contributed by atoms with Crippen LogP contribution in [0.3, 0.4) is 0 Å². The van der Waals surface area contributed by atoms with Gasteiger partial charge in [-0.15, -0.1) is 0 Å². The molecule has 2 aromatic rings. The van der Waals surface area contributed by atoms with Crippen molar-refractivity contribution in [3.05, 3.63) is 76.6 Å². The molecule has 202 valence electrons. The molecule has 1 saturated heterocycles. The number of nitrogens with zero attached hydrogens (tertiary/aromatic N) is 1. The van der Waals surface area contributed by atoms with Gasteiger partial charge in [0.2, 0.25) is 10.0 Å². The van der Waals surface area contributed by atoms with Crippen molar-refractivity contribution in [2.24, 2.45) is 0 Å². The summed E-state index contributed by atoms with van der Waals surface area (Å²) in [7, 11) is -3.46. The van der Waals surface area contributed by atoms with Crippen molar-refractivity contribution in [1.82, 2.24) is 10.0 Å². The lowest BCUT2D eigenvalue weighted by Gasteiger charge is -2.32. The number of hydrogen-bond donors (Lipinski definition) is 3. The summed E-state index contributed by atoms with van der Waals surface area (Å²) in [6.07, 6.45) is 5.11. The molecule has 3 N–H and O–H groups in total. The highest BCUT2D eigenvalue weighted by atomic mass is 32.2. The molecule has 0 aromatic heterocycles. The quantitative estimate of drug-likeness (QED) is 0.405. The summed E-state index contributed by atoms with van der Waals surface area (Å²) in [6.45, 7) is 13.3. The van der Waals surface area contributed by atoms with Gasteiger partial charge >= 0.3 is 0 Å². The summed E-state index contributed by atoms with van der Waals surface area (Å²) in [5.41, 5.74) is 4.67. The van der Waals surface area contributed by atoms with Crippen molar-refractivity contribution in [2.45, 2.75) is 45.5 Å². The average Bonchev–Trinajstić information content (AvgIpc) is 2.84. The molecule has 1 aliphatic rings. The van der Waals surface area contributed by atoms with Crippen LogP contribution in [-0.4, -0.2) is 52.3 Å². The Morgan fingerprint density at radius 2 is 1.86 bits per heavy atom. The van der Waals surface area contributed by atoms with E-state index in [0.29, 0.717) is 24.3 Å². The number of nitrogens with one attached hydrogen (secondary N) is 2. The van der Waals surface area contributed by atoms with Gasteiger partial charge in [0.05, 0.1) is 19.5 Å². The molecular formula is C28H38FN3O4S. The molecule has 1 atom stereocenters. The smallest absolute Gasteiger partial charge is 0.209 e. The third-order valence-corrected chi connectivity index (χ3v) is 6.91. The second-order valence-corrected chi connectivity index (χ2v) is 12.1. The Balaban J connectivity index is 1.72. The van der Waals surface area contributed by atoms with Gasteiger partial charge in [-0.25, -0.2) is 17.5 Å². The van der Waals surface area contributed by atoms with Crippen LogP contribution >= 0.6 is 0 Å². The van der Waals surface area contributed by atoms with Gasteiger partial charge in [-0.3, -0.25) is 5.32 Å². The molecule has 1 unspecified atom stereocenters. The molecule has 0 spiro atoms. The van der Waals surface area contributed by atoms with Crippen molar-refractivity contribution in [3.8, 4) is 0 Å². The first-order valence-corrected chi connectivity index (χ1v) is 14.2. The number of morpholine rings is 1. The monoisotopic (exact) mass is 531 g/mol. The van der Waals surface area contributed by atoms with E-state index in [9.17, 15) is 17.9 Å². The fourth-order valence-electron chi connectivity index (χ4n) is 4.10. The SMILES string of the molecule is C=Cc1cc(CNC(O)/C=C/c2ccc(C(C)(C)C)cc2N2CCOCC2)cc(F)c1CNS(C)(=O)=O. The zero-order chi connectivity index (χ0) is 27.2. The molecule has 9 heteroatoms. The standard InChI is InChI=1S/C28H38FN3O4S/c1-6-21-15-20(16-25(29)24(21)19-31-37(5,34)35)18-30-27(33)10-8-22-7-9-23(28(2,3)4)17-26(22)32-11-13-36-14-12-32/h6-10,15-17,27,30-31,33H,1,11-14,18-19H2,2-5H3/b10-8+. The summed E-state index contributed by atoms with van der Waals surface area (Å²) < 4.78 is 45.3. The topological polar surface area (TPSA) is 90.9 Å². The number of ether oxygens (including phenoxy) is 1. The molecule has 1 fully saturated rings. The first-order chi connectivity index (χ1) is 17.4. The molecule has 0 aliphatic carbocycles. The number of aliphatic hydroxyl groups excluding tert-OH is 1. The number of halogens is 1. The zero-order valence-electron chi connectivity index (χ0n) is 22.1. The highest BCUT2D eigenvalue weighted by Gasteiger charge is 2.19. The molecule has 0 bridgehead atoms. The maximum atomic E-state index is 14.7. The maximum Gasteiger partial charge on any atom is 0.209 e. The Kier molecular flexibility index (Phi) is 9.66. The highest BCUT2D eigenvalue weighted by molar-refractivity contribution is 7.88.